The second-order valence-electron chi connectivity index (χ2n) is 4.48. The van der Waals surface area contributed by atoms with Crippen molar-refractivity contribution >= 4 is 45.4 Å². The molecular weight excluding hydrogens is 344 g/mol. The van der Waals surface area contributed by atoms with Gasteiger partial charge in [0.2, 0.25) is 0 Å². The third-order valence-electron chi connectivity index (χ3n) is 3.02. The summed E-state index contributed by atoms with van der Waals surface area (Å²) in [4.78, 5) is 22.7. The average molecular weight is 359 g/mol. The molecule has 0 radical (unpaired) electrons. The number of carbonyl (C=O) groups excluding carboxylic acids is 1. The molecule has 2 amide bonds. The Hall–Kier alpha value is -1.21. The van der Waals surface area contributed by atoms with Gasteiger partial charge in [-0.3, -0.25) is 0 Å². The molecule has 1 aromatic rings. The molecule has 1 heterocycles. The molecule has 0 aliphatic carbocycles. The van der Waals surface area contributed by atoms with Gasteiger partial charge < -0.3 is 15.7 Å². The van der Waals surface area contributed by atoms with Crippen LogP contribution in [0.15, 0.2) is 22.7 Å². The lowest BCUT2D eigenvalue weighted by Gasteiger charge is -2.22. The van der Waals surface area contributed by atoms with E-state index in [0.717, 1.165) is 24.3 Å². The van der Waals surface area contributed by atoms with Gasteiger partial charge in [0.25, 0.3) is 0 Å². The van der Waals surface area contributed by atoms with E-state index in [9.17, 15) is 9.59 Å². The Balaban J connectivity index is 1.95. The molecule has 0 bridgehead atoms. The number of halogens is 1. The van der Waals surface area contributed by atoms with Crippen LogP contribution in [0.3, 0.4) is 0 Å². The summed E-state index contributed by atoms with van der Waals surface area (Å²) in [6, 6.07) is 4.46. The van der Waals surface area contributed by atoms with Crippen LogP contribution in [0.25, 0.3) is 0 Å². The average Bonchev–Trinajstić information content (AvgIpc) is 2.42. The topological polar surface area (TPSA) is 78.4 Å². The van der Waals surface area contributed by atoms with Crippen molar-refractivity contribution in [2.75, 3.05) is 16.8 Å². The molecule has 0 atom stereocenters. The van der Waals surface area contributed by atoms with Crippen LogP contribution < -0.4 is 10.6 Å². The molecule has 0 saturated carbocycles. The minimum Gasteiger partial charge on any atom is -0.478 e. The largest absolute Gasteiger partial charge is 0.478 e. The maximum absolute atomic E-state index is 11.9. The number of thioether (sulfide) groups is 1. The fraction of sp³-hybridized carbons (Fsp3) is 0.385. The van der Waals surface area contributed by atoms with Crippen LogP contribution in [0.2, 0.25) is 0 Å². The van der Waals surface area contributed by atoms with Crippen molar-refractivity contribution in [1.29, 1.82) is 0 Å². The molecule has 1 saturated heterocycles. The standard InChI is InChI=1S/C13H15BrN2O3S/c14-10-7-8(12(17)18)1-2-11(10)16-13(19)15-9-3-5-20-6-4-9/h1-2,7,9H,3-6H2,(H,17,18)(H2,15,16,19). The van der Waals surface area contributed by atoms with Crippen LogP contribution in [0.5, 0.6) is 0 Å². The SMILES string of the molecule is O=C(Nc1ccc(C(=O)O)cc1Br)NC1CCSCC1. The Morgan fingerprint density at radius 3 is 2.60 bits per heavy atom. The normalized spacial score (nSPS) is 15.7. The molecule has 0 spiro atoms. The minimum absolute atomic E-state index is 0.173. The molecule has 0 unspecified atom stereocenters. The number of hydrogen-bond acceptors (Lipinski definition) is 3. The Morgan fingerprint density at radius 1 is 1.30 bits per heavy atom. The first-order chi connectivity index (χ1) is 9.56. The zero-order valence-electron chi connectivity index (χ0n) is 10.7. The van der Waals surface area contributed by atoms with Gasteiger partial charge >= 0.3 is 12.0 Å². The Bertz CT molecular complexity index is 518. The first kappa shape index (κ1) is 15.2. The van der Waals surface area contributed by atoms with Gasteiger partial charge in [0.1, 0.15) is 0 Å². The van der Waals surface area contributed by atoms with E-state index in [1.807, 2.05) is 11.8 Å². The monoisotopic (exact) mass is 358 g/mol. The van der Waals surface area contributed by atoms with E-state index >= 15 is 0 Å². The van der Waals surface area contributed by atoms with Crippen molar-refractivity contribution < 1.29 is 14.7 Å². The molecule has 3 N–H and O–H groups in total. The molecule has 1 aliphatic heterocycles. The second kappa shape index (κ2) is 6.99. The predicted molar refractivity (Wildman–Crippen MR) is 83.6 cm³/mol. The highest BCUT2D eigenvalue weighted by Gasteiger charge is 2.16. The summed E-state index contributed by atoms with van der Waals surface area (Å²) in [5, 5.41) is 14.5. The molecule has 20 heavy (non-hydrogen) atoms. The quantitative estimate of drug-likeness (QED) is 0.775. The van der Waals surface area contributed by atoms with Crippen LogP contribution in [0.1, 0.15) is 23.2 Å². The Kier molecular flexibility index (Phi) is 5.31. The number of anilines is 1. The summed E-state index contributed by atoms with van der Waals surface area (Å²) in [6.07, 6.45) is 1.97. The summed E-state index contributed by atoms with van der Waals surface area (Å²) in [7, 11) is 0. The number of aromatic carboxylic acids is 1. The van der Waals surface area contributed by atoms with E-state index in [1.165, 1.54) is 12.1 Å². The van der Waals surface area contributed by atoms with Gasteiger partial charge in [-0.15, -0.1) is 0 Å². The lowest BCUT2D eigenvalue weighted by molar-refractivity contribution is 0.0697. The molecule has 1 aliphatic rings. The highest BCUT2D eigenvalue weighted by molar-refractivity contribution is 9.10. The fourth-order valence-electron chi connectivity index (χ4n) is 1.94. The van der Waals surface area contributed by atoms with E-state index in [0.29, 0.717) is 10.2 Å². The van der Waals surface area contributed by atoms with Crippen molar-refractivity contribution in [3.63, 3.8) is 0 Å². The maximum atomic E-state index is 11.9. The van der Waals surface area contributed by atoms with Crippen molar-refractivity contribution in [3.05, 3.63) is 28.2 Å². The van der Waals surface area contributed by atoms with E-state index in [4.69, 9.17) is 5.11 Å². The summed E-state index contributed by atoms with van der Waals surface area (Å²) in [5.74, 6) is 1.14. The van der Waals surface area contributed by atoms with Crippen LogP contribution in [0.4, 0.5) is 10.5 Å². The van der Waals surface area contributed by atoms with Gasteiger partial charge in [-0.1, -0.05) is 0 Å². The lowest BCUT2D eigenvalue weighted by Crippen LogP contribution is -2.40. The number of nitrogens with one attached hydrogen (secondary N) is 2. The second-order valence-corrected chi connectivity index (χ2v) is 6.56. The molecule has 1 fully saturated rings. The summed E-state index contributed by atoms with van der Waals surface area (Å²) in [6.45, 7) is 0. The molecule has 108 valence electrons. The molecule has 1 aromatic carbocycles. The number of hydrogen-bond donors (Lipinski definition) is 3. The van der Waals surface area contributed by atoms with Gasteiger partial charge in [0, 0.05) is 10.5 Å². The van der Waals surface area contributed by atoms with Gasteiger partial charge in [-0.2, -0.15) is 11.8 Å². The number of benzene rings is 1. The van der Waals surface area contributed by atoms with Gasteiger partial charge in [-0.25, -0.2) is 9.59 Å². The summed E-state index contributed by atoms with van der Waals surface area (Å²) >= 11 is 5.16. The van der Waals surface area contributed by atoms with E-state index in [-0.39, 0.29) is 17.6 Å². The Labute approximate surface area is 129 Å². The third kappa shape index (κ3) is 4.14. The fourth-order valence-corrected chi connectivity index (χ4v) is 3.52. The summed E-state index contributed by atoms with van der Waals surface area (Å²) in [5.41, 5.74) is 0.727. The van der Waals surface area contributed by atoms with Crippen molar-refractivity contribution in [3.8, 4) is 0 Å². The number of urea groups is 1. The maximum Gasteiger partial charge on any atom is 0.335 e. The Morgan fingerprint density at radius 2 is 2.00 bits per heavy atom. The van der Waals surface area contributed by atoms with Gasteiger partial charge in [0.05, 0.1) is 11.3 Å². The van der Waals surface area contributed by atoms with Crippen molar-refractivity contribution in [1.82, 2.24) is 5.32 Å². The number of amides is 2. The number of carboxylic acid groups (broad SMARTS) is 1. The van der Waals surface area contributed by atoms with E-state index in [1.54, 1.807) is 6.07 Å². The van der Waals surface area contributed by atoms with Crippen LogP contribution in [0, 0.1) is 0 Å². The minimum atomic E-state index is -0.999. The van der Waals surface area contributed by atoms with Crippen LogP contribution >= 0.6 is 27.7 Å². The van der Waals surface area contributed by atoms with Gasteiger partial charge in [-0.05, 0) is 58.5 Å². The summed E-state index contributed by atoms with van der Waals surface area (Å²) < 4.78 is 0.548. The molecular formula is C13H15BrN2O3S. The predicted octanol–water partition coefficient (Wildman–Crippen LogP) is 3.16. The van der Waals surface area contributed by atoms with Crippen molar-refractivity contribution in [2.24, 2.45) is 0 Å². The number of carbonyl (C=O) groups is 2. The third-order valence-corrected chi connectivity index (χ3v) is 4.73. The first-order valence-corrected chi connectivity index (χ1v) is 8.19. The van der Waals surface area contributed by atoms with Crippen LogP contribution in [-0.2, 0) is 0 Å². The van der Waals surface area contributed by atoms with Gasteiger partial charge in [0.15, 0.2) is 0 Å². The first-order valence-electron chi connectivity index (χ1n) is 6.24. The van der Waals surface area contributed by atoms with Crippen LogP contribution in [-0.4, -0.2) is 34.7 Å². The molecule has 7 heteroatoms. The molecule has 2 rings (SSSR count). The smallest absolute Gasteiger partial charge is 0.335 e. The highest BCUT2D eigenvalue weighted by Crippen LogP contribution is 2.24. The van der Waals surface area contributed by atoms with Crippen molar-refractivity contribution in [2.45, 2.75) is 18.9 Å². The highest BCUT2D eigenvalue weighted by atomic mass is 79.9. The number of carboxylic acids is 1. The zero-order chi connectivity index (χ0) is 14.5. The zero-order valence-corrected chi connectivity index (χ0v) is 13.1. The number of rotatable bonds is 3. The van der Waals surface area contributed by atoms with E-state index in [2.05, 4.69) is 26.6 Å². The lowest BCUT2D eigenvalue weighted by atomic mass is 10.1. The van der Waals surface area contributed by atoms with E-state index < -0.39 is 5.97 Å². The molecule has 5 nitrogen and oxygen atoms in total. The molecule has 0 aromatic heterocycles.